The summed E-state index contributed by atoms with van der Waals surface area (Å²) in [5, 5.41) is 8.85. The fraction of sp³-hybridized carbons (Fsp3) is 0.462. The minimum absolute atomic E-state index is 0.171. The molecule has 0 atom stereocenters. The number of aryl methyl sites for hydroxylation is 1. The molecule has 0 radical (unpaired) electrons. The molecule has 1 aliphatic rings. The van der Waals surface area contributed by atoms with Gasteiger partial charge in [0, 0.05) is 6.54 Å². The van der Waals surface area contributed by atoms with Gasteiger partial charge in [-0.25, -0.2) is 12.8 Å². The van der Waals surface area contributed by atoms with Crippen LogP contribution in [0.1, 0.15) is 18.4 Å². The summed E-state index contributed by atoms with van der Waals surface area (Å²) < 4.78 is 39.2. The lowest BCUT2D eigenvalue weighted by Gasteiger charge is -2.20. The van der Waals surface area contributed by atoms with E-state index in [2.05, 4.69) is 0 Å². The molecule has 0 aliphatic heterocycles. The number of nitrogens with zero attached hydrogens (tertiary/aromatic N) is 1. The molecule has 20 heavy (non-hydrogen) atoms. The number of carboxylic acid groups (broad SMARTS) is 1. The highest BCUT2D eigenvalue weighted by Crippen LogP contribution is 2.31. The fourth-order valence-electron chi connectivity index (χ4n) is 1.87. The van der Waals surface area contributed by atoms with Crippen LogP contribution in [0.15, 0.2) is 23.1 Å². The van der Waals surface area contributed by atoms with Crippen LogP contribution < -0.4 is 0 Å². The van der Waals surface area contributed by atoms with Gasteiger partial charge in [-0.3, -0.25) is 4.79 Å². The predicted octanol–water partition coefficient (Wildman–Crippen LogP) is 1.62. The minimum atomic E-state index is -3.98. The highest BCUT2D eigenvalue weighted by atomic mass is 32.2. The summed E-state index contributed by atoms with van der Waals surface area (Å²) in [6, 6.07) is 3.61. The zero-order valence-electron chi connectivity index (χ0n) is 11.0. The molecule has 1 saturated carbocycles. The highest BCUT2D eigenvalue weighted by Gasteiger charge is 2.33. The largest absolute Gasteiger partial charge is 0.480 e. The van der Waals surface area contributed by atoms with E-state index in [-0.39, 0.29) is 17.4 Å². The van der Waals surface area contributed by atoms with E-state index in [9.17, 15) is 17.6 Å². The molecule has 0 aromatic heterocycles. The molecule has 0 amide bonds. The quantitative estimate of drug-likeness (QED) is 0.866. The summed E-state index contributed by atoms with van der Waals surface area (Å²) >= 11 is 0. The summed E-state index contributed by atoms with van der Waals surface area (Å²) in [7, 11) is -3.98. The lowest BCUT2D eigenvalue weighted by atomic mass is 10.2. The lowest BCUT2D eigenvalue weighted by Crippen LogP contribution is -2.37. The van der Waals surface area contributed by atoms with Gasteiger partial charge in [0.05, 0.1) is 4.90 Å². The van der Waals surface area contributed by atoms with E-state index in [1.165, 1.54) is 19.1 Å². The van der Waals surface area contributed by atoms with Crippen LogP contribution in [0.2, 0.25) is 0 Å². The fourth-order valence-corrected chi connectivity index (χ4v) is 3.35. The first-order chi connectivity index (χ1) is 9.30. The number of rotatable bonds is 6. The molecule has 0 heterocycles. The van der Waals surface area contributed by atoms with Gasteiger partial charge in [-0.15, -0.1) is 0 Å². The summed E-state index contributed by atoms with van der Waals surface area (Å²) in [5.74, 6) is -1.63. The van der Waals surface area contributed by atoms with Gasteiger partial charge in [-0.2, -0.15) is 4.31 Å². The molecule has 0 bridgehead atoms. The molecule has 1 aromatic rings. The molecule has 1 aliphatic carbocycles. The third-order valence-electron chi connectivity index (χ3n) is 3.25. The summed E-state index contributed by atoms with van der Waals surface area (Å²) in [5.41, 5.74) is 0.343. The number of carbonyl (C=O) groups is 1. The molecule has 1 fully saturated rings. The third-order valence-corrected chi connectivity index (χ3v) is 5.06. The molecular weight excluding hydrogens is 285 g/mol. The zero-order valence-corrected chi connectivity index (χ0v) is 11.9. The van der Waals surface area contributed by atoms with Crippen molar-refractivity contribution in [2.75, 3.05) is 13.1 Å². The van der Waals surface area contributed by atoms with Crippen LogP contribution in [0.3, 0.4) is 0 Å². The van der Waals surface area contributed by atoms with Crippen molar-refractivity contribution in [3.63, 3.8) is 0 Å². The van der Waals surface area contributed by atoms with Crippen LogP contribution in [0.4, 0.5) is 4.39 Å². The van der Waals surface area contributed by atoms with E-state index in [1.54, 1.807) is 0 Å². The van der Waals surface area contributed by atoms with Gasteiger partial charge in [0.15, 0.2) is 0 Å². The number of hydrogen-bond acceptors (Lipinski definition) is 3. The number of benzene rings is 1. The van der Waals surface area contributed by atoms with Crippen molar-refractivity contribution < 1.29 is 22.7 Å². The molecule has 2 rings (SSSR count). The Morgan fingerprint density at radius 3 is 2.60 bits per heavy atom. The summed E-state index contributed by atoms with van der Waals surface area (Å²) in [6.45, 7) is 1.10. The van der Waals surface area contributed by atoms with Crippen molar-refractivity contribution in [2.45, 2.75) is 24.7 Å². The van der Waals surface area contributed by atoms with Crippen LogP contribution in [0.25, 0.3) is 0 Å². The summed E-state index contributed by atoms with van der Waals surface area (Å²) in [4.78, 5) is 10.6. The van der Waals surface area contributed by atoms with E-state index in [1.807, 2.05) is 0 Å². The molecule has 5 nitrogen and oxygen atoms in total. The number of halogens is 1. The maximum absolute atomic E-state index is 13.5. The normalized spacial score (nSPS) is 15.6. The van der Waals surface area contributed by atoms with E-state index < -0.39 is 28.4 Å². The van der Waals surface area contributed by atoms with Gasteiger partial charge in [-0.05, 0) is 43.4 Å². The first kappa shape index (κ1) is 14.9. The third kappa shape index (κ3) is 3.34. The van der Waals surface area contributed by atoms with Crippen molar-refractivity contribution in [3.05, 3.63) is 29.6 Å². The predicted molar refractivity (Wildman–Crippen MR) is 70.3 cm³/mol. The van der Waals surface area contributed by atoms with E-state index in [0.29, 0.717) is 5.56 Å². The second-order valence-electron chi connectivity index (χ2n) is 5.05. The summed E-state index contributed by atoms with van der Waals surface area (Å²) in [6.07, 6.45) is 1.79. The Hall–Kier alpha value is -1.47. The Balaban J connectivity index is 2.32. The average Bonchev–Trinajstić information content (AvgIpc) is 3.15. The molecule has 0 unspecified atom stereocenters. The van der Waals surface area contributed by atoms with Crippen LogP contribution in [0.5, 0.6) is 0 Å². The molecule has 0 saturated heterocycles. The first-order valence-corrected chi connectivity index (χ1v) is 7.73. The van der Waals surface area contributed by atoms with E-state index >= 15 is 0 Å². The Kier molecular flexibility index (Phi) is 4.10. The number of carboxylic acids is 1. The maximum Gasteiger partial charge on any atom is 0.318 e. The van der Waals surface area contributed by atoms with Gasteiger partial charge < -0.3 is 5.11 Å². The molecule has 1 aromatic carbocycles. The zero-order chi connectivity index (χ0) is 14.9. The van der Waals surface area contributed by atoms with Crippen LogP contribution in [-0.4, -0.2) is 36.9 Å². The first-order valence-electron chi connectivity index (χ1n) is 6.29. The van der Waals surface area contributed by atoms with Crippen LogP contribution >= 0.6 is 0 Å². The van der Waals surface area contributed by atoms with E-state index in [4.69, 9.17) is 5.11 Å². The average molecular weight is 301 g/mol. The maximum atomic E-state index is 13.5. The van der Waals surface area contributed by atoms with Crippen molar-refractivity contribution in [3.8, 4) is 0 Å². The Morgan fingerprint density at radius 2 is 2.10 bits per heavy atom. The Labute approximate surface area is 117 Å². The molecular formula is C13H16FNO4S. The highest BCUT2D eigenvalue weighted by molar-refractivity contribution is 7.89. The van der Waals surface area contributed by atoms with Gasteiger partial charge in [0.1, 0.15) is 12.4 Å². The Morgan fingerprint density at radius 1 is 1.45 bits per heavy atom. The minimum Gasteiger partial charge on any atom is -0.480 e. The number of aliphatic carboxylic acids is 1. The molecule has 110 valence electrons. The lowest BCUT2D eigenvalue weighted by molar-refractivity contribution is -0.137. The molecule has 0 spiro atoms. The molecule has 7 heteroatoms. The van der Waals surface area contributed by atoms with Crippen LogP contribution in [-0.2, 0) is 14.8 Å². The van der Waals surface area contributed by atoms with Gasteiger partial charge in [0.25, 0.3) is 0 Å². The standard InChI is InChI=1S/C13H16FNO4S/c1-9-2-5-11(6-12(9)14)20(18,19)15(8-13(16)17)7-10-3-4-10/h2,5-6,10H,3-4,7-8H2,1H3,(H,16,17). The smallest absolute Gasteiger partial charge is 0.318 e. The number of sulfonamides is 1. The van der Waals surface area contributed by atoms with Gasteiger partial charge in [-0.1, -0.05) is 6.07 Å². The molecule has 1 N–H and O–H groups in total. The monoisotopic (exact) mass is 301 g/mol. The number of hydrogen-bond donors (Lipinski definition) is 1. The van der Waals surface area contributed by atoms with Crippen molar-refractivity contribution >= 4 is 16.0 Å². The Bertz CT molecular complexity index is 625. The second-order valence-corrected chi connectivity index (χ2v) is 6.98. The van der Waals surface area contributed by atoms with Gasteiger partial charge >= 0.3 is 5.97 Å². The second kappa shape index (κ2) is 5.49. The van der Waals surface area contributed by atoms with Crippen molar-refractivity contribution in [1.29, 1.82) is 0 Å². The topological polar surface area (TPSA) is 74.7 Å². The van der Waals surface area contributed by atoms with Crippen molar-refractivity contribution in [1.82, 2.24) is 4.31 Å². The van der Waals surface area contributed by atoms with Crippen LogP contribution in [0, 0.1) is 18.7 Å². The SMILES string of the molecule is Cc1ccc(S(=O)(=O)N(CC(=O)O)CC2CC2)cc1F. The van der Waals surface area contributed by atoms with Gasteiger partial charge in [0.2, 0.25) is 10.0 Å². The van der Waals surface area contributed by atoms with Crippen molar-refractivity contribution in [2.24, 2.45) is 5.92 Å². The van der Waals surface area contributed by atoms with E-state index in [0.717, 1.165) is 23.2 Å².